The van der Waals surface area contributed by atoms with Crippen molar-refractivity contribution < 1.29 is 9.21 Å². The van der Waals surface area contributed by atoms with Crippen LogP contribution in [-0.2, 0) is 7.05 Å². The van der Waals surface area contributed by atoms with E-state index in [1.54, 1.807) is 23.3 Å². The molecule has 0 spiro atoms. The second-order valence-corrected chi connectivity index (χ2v) is 10.6. The highest BCUT2D eigenvalue weighted by molar-refractivity contribution is 5.93. The number of rotatable bonds is 6. The number of nitrogens with zero attached hydrogens (tertiary/aromatic N) is 9. The minimum atomic E-state index is -0.101. The molecule has 6 aromatic rings. The molecule has 1 saturated heterocycles. The lowest BCUT2D eigenvalue weighted by molar-refractivity contribution is 0.0658. The maximum Gasteiger partial charge on any atom is 0.272 e. The maximum absolute atomic E-state index is 13.5. The Morgan fingerprint density at radius 1 is 0.976 bits per heavy atom. The number of fused-ring (bicyclic) bond motifs is 1. The Morgan fingerprint density at radius 2 is 1.81 bits per heavy atom. The number of piperidine rings is 1. The van der Waals surface area contributed by atoms with Crippen LogP contribution >= 0.6 is 0 Å². The summed E-state index contributed by atoms with van der Waals surface area (Å²) in [5.74, 6) is 1.25. The Kier molecular flexibility index (Phi) is 6.54. The fourth-order valence-corrected chi connectivity index (χ4v) is 5.79. The van der Waals surface area contributed by atoms with Crippen LogP contribution in [0.1, 0.15) is 40.8 Å². The predicted molar refractivity (Wildman–Crippen MR) is 155 cm³/mol. The van der Waals surface area contributed by atoms with Crippen molar-refractivity contribution in [2.24, 2.45) is 13.0 Å². The number of amides is 1. The van der Waals surface area contributed by atoms with Gasteiger partial charge in [-0.25, -0.2) is 4.98 Å². The van der Waals surface area contributed by atoms with E-state index in [-0.39, 0.29) is 17.9 Å². The van der Waals surface area contributed by atoms with Crippen LogP contribution in [0.4, 0.5) is 0 Å². The van der Waals surface area contributed by atoms with Crippen LogP contribution in [0.2, 0.25) is 0 Å². The highest BCUT2D eigenvalue weighted by Gasteiger charge is 2.32. The van der Waals surface area contributed by atoms with Crippen LogP contribution in [0.25, 0.3) is 33.8 Å². The molecule has 2 aromatic carbocycles. The number of carbonyl (C=O) groups is 1. The number of hydrogen-bond donors (Lipinski definition) is 0. The molecule has 0 radical (unpaired) electrons. The van der Waals surface area contributed by atoms with Gasteiger partial charge in [-0.1, -0.05) is 30.3 Å². The Morgan fingerprint density at radius 3 is 2.55 bits per heavy atom. The number of aryl methyl sites for hydroxylation is 2. The molecular weight excluding hydrogens is 530 g/mol. The van der Waals surface area contributed by atoms with Gasteiger partial charge in [0.15, 0.2) is 11.4 Å². The normalized spacial score (nSPS) is 14.9. The molecular formula is C31H29N9O2. The van der Waals surface area contributed by atoms with E-state index in [0.29, 0.717) is 41.6 Å². The molecule has 0 aliphatic carbocycles. The largest absolute Gasteiger partial charge is 0.436 e. The summed E-state index contributed by atoms with van der Waals surface area (Å²) in [6.45, 7) is 3.08. The molecule has 1 aliphatic rings. The monoisotopic (exact) mass is 559 g/mol. The first kappa shape index (κ1) is 25.8. The Bertz CT molecular complexity index is 1870. The zero-order valence-electron chi connectivity index (χ0n) is 23.3. The molecule has 42 heavy (non-hydrogen) atoms. The Hall–Kier alpha value is -5.19. The number of likely N-dealkylation sites (tertiary alicyclic amines) is 1. The molecule has 4 aromatic heterocycles. The highest BCUT2D eigenvalue weighted by atomic mass is 16.3. The summed E-state index contributed by atoms with van der Waals surface area (Å²) >= 11 is 0. The number of benzene rings is 2. The molecule has 7 rings (SSSR count). The van der Waals surface area contributed by atoms with Crippen molar-refractivity contribution in [3.63, 3.8) is 0 Å². The summed E-state index contributed by atoms with van der Waals surface area (Å²) in [5, 5.41) is 17.2. The van der Waals surface area contributed by atoms with Crippen molar-refractivity contribution in [1.29, 1.82) is 0 Å². The summed E-state index contributed by atoms with van der Waals surface area (Å²) in [5.41, 5.74) is 5.62. The molecule has 210 valence electrons. The van der Waals surface area contributed by atoms with E-state index in [0.717, 1.165) is 35.2 Å². The molecule has 1 fully saturated rings. The van der Waals surface area contributed by atoms with Gasteiger partial charge in [-0.3, -0.25) is 14.5 Å². The van der Waals surface area contributed by atoms with E-state index in [1.165, 1.54) is 0 Å². The lowest BCUT2D eigenvalue weighted by Crippen LogP contribution is -2.41. The van der Waals surface area contributed by atoms with Crippen LogP contribution in [0, 0.1) is 12.8 Å². The van der Waals surface area contributed by atoms with Gasteiger partial charge >= 0.3 is 0 Å². The van der Waals surface area contributed by atoms with Crippen LogP contribution < -0.4 is 0 Å². The van der Waals surface area contributed by atoms with Crippen molar-refractivity contribution in [3.8, 4) is 22.7 Å². The SMILES string of the molecule is Cc1nnn(C(c2ccccc2)C2CCN(C(=O)c3cc(-c4nc5cc(-c6ccnn6C)ccc5o4)ccn3)CC2)n1. The molecule has 1 amide bonds. The second-order valence-electron chi connectivity index (χ2n) is 10.6. The lowest BCUT2D eigenvalue weighted by Gasteiger charge is -2.35. The third-order valence-corrected chi connectivity index (χ3v) is 7.92. The van der Waals surface area contributed by atoms with Gasteiger partial charge in [0.2, 0.25) is 5.89 Å². The maximum atomic E-state index is 13.5. The number of hydrogen-bond acceptors (Lipinski definition) is 8. The molecule has 1 aliphatic heterocycles. The first-order valence-electron chi connectivity index (χ1n) is 14.0. The van der Waals surface area contributed by atoms with E-state index < -0.39 is 0 Å². The molecule has 11 nitrogen and oxygen atoms in total. The minimum Gasteiger partial charge on any atom is -0.436 e. The summed E-state index contributed by atoms with van der Waals surface area (Å²) in [6.07, 6.45) is 5.03. The van der Waals surface area contributed by atoms with Crippen LogP contribution in [0.5, 0.6) is 0 Å². The molecule has 0 N–H and O–H groups in total. The summed E-state index contributed by atoms with van der Waals surface area (Å²) < 4.78 is 7.88. The van der Waals surface area contributed by atoms with Crippen molar-refractivity contribution in [2.75, 3.05) is 13.1 Å². The van der Waals surface area contributed by atoms with Gasteiger partial charge in [-0.2, -0.15) is 9.90 Å². The number of carbonyl (C=O) groups excluding carboxylic acids is 1. The first-order chi connectivity index (χ1) is 20.5. The molecule has 1 atom stereocenters. The van der Waals surface area contributed by atoms with Gasteiger partial charge in [-0.15, -0.1) is 10.2 Å². The quantitative estimate of drug-likeness (QED) is 0.287. The summed E-state index contributed by atoms with van der Waals surface area (Å²) in [4.78, 5) is 26.3. The molecule has 0 bridgehead atoms. The minimum absolute atomic E-state index is 0.0383. The summed E-state index contributed by atoms with van der Waals surface area (Å²) in [7, 11) is 1.91. The molecule has 1 unspecified atom stereocenters. The topological polar surface area (TPSA) is 121 Å². The van der Waals surface area contributed by atoms with Gasteiger partial charge in [0.25, 0.3) is 5.91 Å². The van der Waals surface area contributed by atoms with Gasteiger partial charge in [0.1, 0.15) is 17.3 Å². The van der Waals surface area contributed by atoms with E-state index >= 15 is 0 Å². The fourth-order valence-electron chi connectivity index (χ4n) is 5.79. The zero-order valence-corrected chi connectivity index (χ0v) is 23.3. The number of pyridine rings is 1. The Labute approximate surface area is 241 Å². The molecule has 11 heteroatoms. The summed E-state index contributed by atoms with van der Waals surface area (Å²) in [6, 6.07) is 21.6. The molecule has 5 heterocycles. The van der Waals surface area contributed by atoms with Crippen LogP contribution in [-0.4, -0.2) is 63.9 Å². The smallest absolute Gasteiger partial charge is 0.272 e. The van der Waals surface area contributed by atoms with Crippen molar-refractivity contribution in [1.82, 2.24) is 44.9 Å². The van der Waals surface area contributed by atoms with Crippen LogP contribution in [0.3, 0.4) is 0 Å². The number of tetrazole rings is 1. The predicted octanol–water partition coefficient (Wildman–Crippen LogP) is 4.73. The van der Waals surface area contributed by atoms with E-state index in [4.69, 9.17) is 9.40 Å². The first-order valence-corrected chi connectivity index (χ1v) is 14.0. The van der Waals surface area contributed by atoms with E-state index in [1.807, 2.05) is 72.1 Å². The number of oxazole rings is 1. The van der Waals surface area contributed by atoms with Gasteiger partial charge in [0, 0.05) is 43.7 Å². The van der Waals surface area contributed by atoms with Gasteiger partial charge < -0.3 is 9.32 Å². The second kappa shape index (κ2) is 10.7. The van der Waals surface area contributed by atoms with E-state index in [2.05, 4.69) is 37.6 Å². The van der Waals surface area contributed by atoms with Crippen molar-refractivity contribution in [3.05, 3.63) is 96.2 Å². The van der Waals surface area contributed by atoms with Gasteiger partial charge in [-0.05, 0) is 72.9 Å². The van der Waals surface area contributed by atoms with E-state index in [9.17, 15) is 4.79 Å². The van der Waals surface area contributed by atoms with Gasteiger partial charge in [0.05, 0.1) is 5.69 Å². The lowest BCUT2D eigenvalue weighted by atomic mass is 9.85. The standard InChI is InChI=1S/C31H29N9O2/c1-20-35-37-40(36-20)29(21-6-4-3-5-7-21)22-12-16-39(17-13-22)31(41)26-19-24(10-14-32-26)30-34-25-18-23(8-9-28(25)42-30)27-11-15-33-38(27)2/h3-11,14-15,18-19,22,29H,12-13,16-17H2,1-2H3. The fraction of sp³-hybridized carbons (Fsp3) is 0.258. The number of aromatic nitrogens is 8. The zero-order chi connectivity index (χ0) is 28.6. The third kappa shape index (κ3) is 4.83. The van der Waals surface area contributed by atoms with Crippen LogP contribution in [0.15, 0.2) is 83.5 Å². The third-order valence-electron chi connectivity index (χ3n) is 7.92. The average molecular weight is 560 g/mol. The molecule has 0 saturated carbocycles. The average Bonchev–Trinajstić information content (AvgIpc) is 3.77. The van der Waals surface area contributed by atoms with Crippen molar-refractivity contribution >= 4 is 17.0 Å². The van der Waals surface area contributed by atoms with Crippen molar-refractivity contribution in [2.45, 2.75) is 25.8 Å². The Balaban J connectivity index is 1.08. The highest BCUT2D eigenvalue weighted by Crippen LogP contribution is 2.34.